The summed E-state index contributed by atoms with van der Waals surface area (Å²) in [6.45, 7) is 8.36. The first-order valence-corrected chi connectivity index (χ1v) is 8.90. The Morgan fingerprint density at radius 1 is 1.29 bits per heavy atom. The molecule has 0 atom stereocenters. The minimum absolute atomic E-state index is 0.497. The molecule has 0 bridgehead atoms. The van der Waals surface area contributed by atoms with Crippen LogP contribution in [0.15, 0.2) is 33.4 Å². The van der Waals surface area contributed by atoms with Gasteiger partial charge < -0.3 is 10.2 Å². The number of aryl methyl sites for hydroxylation is 1. The topological polar surface area (TPSA) is 15.3 Å². The van der Waals surface area contributed by atoms with E-state index in [-0.39, 0.29) is 0 Å². The Hall–Kier alpha value is -0.840. The number of halogens is 1. The fraction of sp³-hybridized carbons (Fsp3) is 0.412. The maximum Gasteiger partial charge on any atom is 0.0701 e. The van der Waals surface area contributed by atoms with Crippen molar-refractivity contribution in [1.82, 2.24) is 5.32 Å². The van der Waals surface area contributed by atoms with E-state index >= 15 is 0 Å². The number of rotatable bonds is 6. The molecule has 0 aliphatic carbocycles. The Bertz CT molecular complexity index is 592. The van der Waals surface area contributed by atoms with Gasteiger partial charge in [-0.15, -0.1) is 11.3 Å². The molecule has 0 amide bonds. The second-order valence-corrected chi connectivity index (χ2v) is 8.07. The first-order chi connectivity index (χ1) is 9.95. The molecule has 1 heterocycles. The number of anilines is 1. The Balaban J connectivity index is 2.16. The van der Waals surface area contributed by atoms with Gasteiger partial charge in [0.2, 0.25) is 0 Å². The number of benzene rings is 1. The van der Waals surface area contributed by atoms with Crippen LogP contribution < -0.4 is 10.2 Å². The second-order valence-electron chi connectivity index (χ2n) is 5.78. The minimum atomic E-state index is 0.497. The molecule has 21 heavy (non-hydrogen) atoms. The fourth-order valence-electron chi connectivity index (χ4n) is 2.33. The molecule has 1 aromatic heterocycles. The number of hydrogen-bond acceptors (Lipinski definition) is 3. The number of hydrogen-bond donors (Lipinski definition) is 1. The molecule has 0 aliphatic rings. The van der Waals surface area contributed by atoms with Crippen LogP contribution in [0.4, 0.5) is 5.69 Å². The Kier molecular flexibility index (Phi) is 5.85. The average molecular weight is 367 g/mol. The fourth-order valence-corrected chi connectivity index (χ4v) is 3.53. The summed E-state index contributed by atoms with van der Waals surface area (Å²) in [5.41, 5.74) is 5.32. The lowest BCUT2D eigenvalue weighted by atomic mass is 10.1. The number of nitrogens with zero attached hydrogens (tertiary/aromatic N) is 1. The molecule has 0 unspecified atom stereocenters. The highest BCUT2D eigenvalue weighted by Crippen LogP contribution is 2.26. The molecule has 4 heteroatoms. The quantitative estimate of drug-likeness (QED) is 0.777. The molecule has 0 radical (unpaired) electrons. The molecule has 0 spiro atoms. The summed E-state index contributed by atoms with van der Waals surface area (Å²) < 4.78 is 1.19. The Morgan fingerprint density at radius 2 is 2.05 bits per heavy atom. The smallest absolute Gasteiger partial charge is 0.0701 e. The van der Waals surface area contributed by atoms with Crippen LogP contribution in [-0.4, -0.2) is 13.1 Å². The standard InChI is InChI=1S/C17H23BrN2S/c1-12(2)19-9-15-7-13(3)5-6-16(15)20(4)10-14-8-17(18)21-11-14/h5-8,11-12,19H,9-10H2,1-4H3. The van der Waals surface area contributed by atoms with E-state index in [4.69, 9.17) is 0 Å². The van der Waals surface area contributed by atoms with Crippen molar-refractivity contribution in [3.8, 4) is 0 Å². The third-order valence-corrected chi connectivity index (χ3v) is 4.94. The zero-order valence-corrected chi connectivity index (χ0v) is 15.5. The third kappa shape index (κ3) is 4.83. The van der Waals surface area contributed by atoms with Crippen molar-refractivity contribution >= 4 is 33.0 Å². The monoisotopic (exact) mass is 366 g/mol. The zero-order valence-electron chi connectivity index (χ0n) is 13.1. The van der Waals surface area contributed by atoms with Crippen LogP contribution in [0.5, 0.6) is 0 Å². The van der Waals surface area contributed by atoms with Gasteiger partial charge in [-0.2, -0.15) is 0 Å². The van der Waals surface area contributed by atoms with Gasteiger partial charge in [0, 0.05) is 31.9 Å². The summed E-state index contributed by atoms with van der Waals surface area (Å²) in [5.74, 6) is 0. The van der Waals surface area contributed by atoms with Gasteiger partial charge in [0.1, 0.15) is 0 Å². The summed E-state index contributed by atoms with van der Waals surface area (Å²) in [7, 11) is 2.16. The van der Waals surface area contributed by atoms with E-state index in [1.165, 1.54) is 26.2 Å². The van der Waals surface area contributed by atoms with E-state index in [9.17, 15) is 0 Å². The molecule has 1 N–H and O–H groups in total. The molecule has 0 fully saturated rings. The van der Waals surface area contributed by atoms with Crippen LogP contribution >= 0.6 is 27.3 Å². The molecule has 2 nitrogen and oxygen atoms in total. The van der Waals surface area contributed by atoms with Gasteiger partial charge in [0.25, 0.3) is 0 Å². The van der Waals surface area contributed by atoms with Gasteiger partial charge in [0.15, 0.2) is 0 Å². The summed E-state index contributed by atoms with van der Waals surface area (Å²) in [5, 5.41) is 5.73. The molecular weight excluding hydrogens is 344 g/mol. The van der Waals surface area contributed by atoms with Crippen molar-refractivity contribution in [3.05, 3.63) is 50.1 Å². The minimum Gasteiger partial charge on any atom is -0.370 e. The van der Waals surface area contributed by atoms with Crippen molar-refractivity contribution in [1.29, 1.82) is 0 Å². The van der Waals surface area contributed by atoms with Crippen molar-refractivity contribution in [2.24, 2.45) is 0 Å². The van der Waals surface area contributed by atoms with Crippen molar-refractivity contribution in [2.45, 2.75) is 39.9 Å². The van der Waals surface area contributed by atoms with Crippen LogP contribution in [0.1, 0.15) is 30.5 Å². The number of thiophene rings is 1. The van der Waals surface area contributed by atoms with E-state index in [0.717, 1.165) is 13.1 Å². The molecule has 0 aliphatic heterocycles. The van der Waals surface area contributed by atoms with Gasteiger partial charge in [0.05, 0.1) is 3.79 Å². The van der Waals surface area contributed by atoms with Crippen molar-refractivity contribution in [3.63, 3.8) is 0 Å². The summed E-state index contributed by atoms with van der Waals surface area (Å²) in [4.78, 5) is 2.32. The van der Waals surface area contributed by atoms with E-state index in [1.807, 2.05) is 0 Å². The molecule has 2 rings (SSSR count). The molecule has 0 saturated carbocycles. The Labute approximate surface area is 140 Å². The van der Waals surface area contributed by atoms with Gasteiger partial charge in [-0.25, -0.2) is 0 Å². The predicted octanol–water partition coefficient (Wildman–Crippen LogP) is 4.95. The van der Waals surface area contributed by atoms with Crippen molar-refractivity contribution < 1.29 is 0 Å². The lowest BCUT2D eigenvalue weighted by Crippen LogP contribution is -2.24. The predicted molar refractivity (Wildman–Crippen MR) is 97.3 cm³/mol. The zero-order chi connectivity index (χ0) is 15.4. The Morgan fingerprint density at radius 3 is 2.67 bits per heavy atom. The molecule has 2 aromatic rings. The van der Waals surface area contributed by atoms with E-state index in [2.05, 4.69) is 83.6 Å². The highest BCUT2D eigenvalue weighted by Gasteiger charge is 2.10. The lowest BCUT2D eigenvalue weighted by Gasteiger charge is -2.23. The molecule has 0 saturated heterocycles. The normalized spacial score (nSPS) is 11.1. The maximum absolute atomic E-state index is 3.53. The van der Waals surface area contributed by atoms with E-state index in [1.54, 1.807) is 11.3 Å². The van der Waals surface area contributed by atoms with E-state index in [0.29, 0.717) is 6.04 Å². The summed E-state index contributed by atoms with van der Waals surface area (Å²) >= 11 is 5.27. The lowest BCUT2D eigenvalue weighted by molar-refractivity contribution is 0.588. The van der Waals surface area contributed by atoms with E-state index < -0.39 is 0 Å². The largest absolute Gasteiger partial charge is 0.370 e. The van der Waals surface area contributed by atoms with Crippen LogP contribution in [0.2, 0.25) is 0 Å². The van der Waals surface area contributed by atoms with Crippen LogP contribution in [0, 0.1) is 6.92 Å². The van der Waals surface area contributed by atoms with Crippen LogP contribution in [0.25, 0.3) is 0 Å². The highest BCUT2D eigenvalue weighted by molar-refractivity contribution is 9.11. The summed E-state index contributed by atoms with van der Waals surface area (Å²) in [6, 6.07) is 9.39. The van der Waals surface area contributed by atoms with Crippen LogP contribution in [-0.2, 0) is 13.1 Å². The summed E-state index contributed by atoms with van der Waals surface area (Å²) in [6.07, 6.45) is 0. The van der Waals surface area contributed by atoms with Gasteiger partial charge >= 0.3 is 0 Å². The second kappa shape index (κ2) is 7.43. The third-order valence-electron chi connectivity index (χ3n) is 3.39. The number of nitrogens with one attached hydrogen (secondary N) is 1. The van der Waals surface area contributed by atoms with Crippen molar-refractivity contribution in [2.75, 3.05) is 11.9 Å². The molecular formula is C17H23BrN2S. The van der Waals surface area contributed by atoms with Gasteiger partial charge in [-0.1, -0.05) is 31.5 Å². The first kappa shape index (κ1) is 16.5. The molecule has 114 valence electrons. The van der Waals surface area contributed by atoms with Gasteiger partial charge in [-0.3, -0.25) is 0 Å². The SMILES string of the molecule is Cc1ccc(N(C)Cc2csc(Br)c2)c(CNC(C)C)c1. The molecule has 1 aromatic carbocycles. The first-order valence-electron chi connectivity index (χ1n) is 7.22. The van der Waals surface area contributed by atoms with Gasteiger partial charge in [-0.05, 0) is 51.5 Å². The average Bonchev–Trinajstić information content (AvgIpc) is 2.81. The van der Waals surface area contributed by atoms with Crippen LogP contribution in [0.3, 0.4) is 0 Å². The maximum atomic E-state index is 3.53. The highest BCUT2D eigenvalue weighted by atomic mass is 79.9.